The first-order valence-corrected chi connectivity index (χ1v) is 9.45. The average molecular weight is 324 g/mol. The van der Waals surface area contributed by atoms with E-state index in [1.807, 2.05) is 0 Å². The summed E-state index contributed by atoms with van der Waals surface area (Å²) >= 11 is 0. The van der Waals surface area contributed by atoms with Gasteiger partial charge in [-0.25, -0.2) is 0 Å². The molecule has 0 saturated heterocycles. The zero-order chi connectivity index (χ0) is 16.9. The van der Waals surface area contributed by atoms with Gasteiger partial charge < -0.3 is 10.2 Å². The third-order valence-corrected chi connectivity index (χ3v) is 6.62. The molecule has 0 amide bonds. The van der Waals surface area contributed by atoms with E-state index in [2.05, 4.69) is 6.92 Å². The molecule has 0 radical (unpaired) electrons. The van der Waals surface area contributed by atoms with Crippen LogP contribution < -0.4 is 0 Å². The Morgan fingerprint density at radius 2 is 1.39 bits per heavy atom. The standard InChI is InChI=1S/C19H32O4/c1-2-3-5-8-15-9-13-19(14-10-15,17(22)23)18(16(20)21)11-6-4-7-12-18/h15H,2-14H2,1H3,(H,20,21)(H,22,23)/t15-,19-. The minimum absolute atomic E-state index is 0.537. The van der Waals surface area contributed by atoms with Crippen molar-refractivity contribution in [3.8, 4) is 0 Å². The molecule has 0 spiro atoms. The van der Waals surface area contributed by atoms with E-state index >= 15 is 0 Å². The fourth-order valence-corrected chi connectivity index (χ4v) is 5.09. The lowest BCUT2D eigenvalue weighted by molar-refractivity contribution is -0.183. The predicted octanol–water partition coefficient (Wildman–Crippen LogP) is 4.86. The van der Waals surface area contributed by atoms with Crippen molar-refractivity contribution in [1.29, 1.82) is 0 Å². The van der Waals surface area contributed by atoms with E-state index in [1.165, 1.54) is 25.7 Å². The molecule has 0 heterocycles. The summed E-state index contributed by atoms with van der Waals surface area (Å²) in [5.74, 6) is -1.15. The molecule has 0 aromatic carbocycles. The Kier molecular flexibility index (Phi) is 6.10. The van der Waals surface area contributed by atoms with Crippen LogP contribution in [0.1, 0.15) is 90.4 Å². The number of carbonyl (C=O) groups is 2. The molecular formula is C19H32O4. The van der Waals surface area contributed by atoms with E-state index < -0.39 is 22.8 Å². The number of carboxylic acid groups (broad SMARTS) is 2. The molecule has 2 rings (SSSR count). The second kappa shape index (κ2) is 7.67. The van der Waals surface area contributed by atoms with Crippen LogP contribution in [0.5, 0.6) is 0 Å². The van der Waals surface area contributed by atoms with Gasteiger partial charge in [0.1, 0.15) is 0 Å². The lowest BCUT2D eigenvalue weighted by Crippen LogP contribution is -2.55. The number of hydrogen-bond acceptors (Lipinski definition) is 2. The Morgan fingerprint density at radius 1 is 0.870 bits per heavy atom. The smallest absolute Gasteiger partial charge is 0.310 e. The van der Waals surface area contributed by atoms with Crippen molar-refractivity contribution in [2.24, 2.45) is 16.7 Å². The first-order valence-electron chi connectivity index (χ1n) is 9.45. The van der Waals surface area contributed by atoms with Gasteiger partial charge >= 0.3 is 11.9 Å². The molecule has 0 aliphatic heterocycles. The summed E-state index contributed by atoms with van der Waals surface area (Å²) in [6, 6.07) is 0. The van der Waals surface area contributed by atoms with Crippen molar-refractivity contribution in [2.45, 2.75) is 90.4 Å². The Labute approximate surface area is 139 Å². The summed E-state index contributed by atoms with van der Waals surface area (Å²) in [7, 11) is 0. The molecular weight excluding hydrogens is 292 g/mol. The summed E-state index contributed by atoms with van der Waals surface area (Å²) in [4.78, 5) is 24.3. The van der Waals surface area contributed by atoms with Gasteiger partial charge in [-0.05, 0) is 44.4 Å². The molecule has 0 bridgehead atoms. The molecule has 23 heavy (non-hydrogen) atoms. The minimum Gasteiger partial charge on any atom is -0.481 e. The lowest BCUT2D eigenvalue weighted by atomic mass is 9.51. The fraction of sp³-hybridized carbons (Fsp3) is 0.895. The number of carboxylic acids is 2. The van der Waals surface area contributed by atoms with E-state index in [1.54, 1.807) is 0 Å². The van der Waals surface area contributed by atoms with E-state index in [0.29, 0.717) is 31.6 Å². The van der Waals surface area contributed by atoms with Crippen molar-refractivity contribution in [1.82, 2.24) is 0 Å². The van der Waals surface area contributed by atoms with Crippen LogP contribution in [0.3, 0.4) is 0 Å². The van der Waals surface area contributed by atoms with E-state index in [4.69, 9.17) is 0 Å². The first-order chi connectivity index (χ1) is 11.0. The molecule has 2 aliphatic carbocycles. The highest BCUT2D eigenvalue weighted by molar-refractivity contribution is 5.87. The molecule has 0 aromatic rings. The van der Waals surface area contributed by atoms with Crippen molar-refractivity contribution in [3.05, 3.63) is 0 Å². The lowest BCUT2D eigenvalue weighted by Gasteiger charge is -2.50. The Balaban J connectivity index is 2.14. The predicted molar refractivity (Wildman–Crippen MR) is 89.3 cm³/mol. The van der Waals surface area contributed by atoms with Crippen LogP contribution in [0.4, 0.5) is 0 Å². The molecule has 2 saturated carbocycles. The van der Waals surface area contributed by atoms with Crippen molar-refractivity contribution in [3.63, 3.8) is 0 Å². The van der Waals surface area contributed by atoms with E-state index in [9.17, 15) is 19.8 Å². The molecule has 132 valence electrons. The van der Waals surface area contributed by atoms with Gasteiger partial charge in [0, 0.05) is 0 Å². The van der Waals surface area contributed by atoms with E-state index in [-0.39, 0.29) is 0 Å². The van der Waals surface area contributed by atoms with Gasteiger partial charge in [-0.15, -0.1) is 0 Å². The zero-order valence-electron chi connectivity index (χ0n) is 14.5. The maximum atomic E-state index is 12.2. The van der Waals surface area contributed by atoms with E-state index in [0.717, 1.165) is 32.1 Å². The summed E-state index contributed by atoms with van der Waals surface area (Å²) in [6.07, 6.45) is 11.5. The highest BCUT2D eigenvalue weighted by Gasteiger charge is 2.61. The third-order valence-electron chi connectivity index (χ3n) is 6.62. The van der Waals surface area contributed by atoms with Crippen LogP contribution in [0.25, 0.3) is 0 Å². The molecule has 4 nitrogen and oxygen atoms in total. The number of unbranched alkanes of at least 4 members (excludes halogenated alkanes) is 2. The van der Waals surface area contributed by atoms with Crippen LogP contribution in [-0.4, -0.2) is 22.2 Å². The maximum absolute atomic E-state index is 12.2. The highest BCUT2D eigenvalue weighted by Crippen LogP contribution is 2.58. The Bertz CT molecular complexity index is 415. The average Bonchev–Trinajstić information content (AvgIpc) is 2.56. The summed E-state index contributed by atoms with van der Waals surface area (Å²) in [6.45, 7) is 2.19. The van der Waals surface area contributed by atoms with Gasteiger partial charge in [0.15, 0.2) is 0 Å². The van der Waals surface area contributed by atoms with Gasteiger partial charge in [0.2, 0.25) is 0 Å². The maximum Gasteiger partial charge on any atom is 0.310 e. The Morgan fingerprint density at radius 3 is 1.87 bits per heavy atom. The summed E-state index contributed by atoms with van der Waals surface area (Å²) in [5, 5.41) is 19.9. The van der Waals surface area contributed by atoms with Crippen LogP contribution in [0.2, 0.25) is 0 Å². The summed E-state index contributed by atoms with van der Waals surface area (Å²) in [5.41, 5.74) is -2.08. The number of hydrogen-bond donors (Lipinski definition) is 2. The number of aliphatic carboxylic acids is 2. The molecule has 4 heteroatoms. The first kappa shape index (κ1) is 18.3. The van der Waals surface area contributed by atoms with Crippen LogP contribution in [0, 0.1) is 16.7 Å². The van der Waals surface area contributed by atoms with Crippen molar-refractivity contribution >= 4 is 11.9 Å². The fourth-order valence-electron chi connectivity index (χ4n) is 5.09. The van der Waals surface area contributed by atoms with Gasteiger partial charge in [0.25, 0.3) is 0 Å². The largest absolute Gasteiger partial charge is 0.481 e. The highest BCUT2D eigenvalue weighted by atomic mass is 16.4. The van der Waals surface area contributed by atoms with Gasteiger partial charge in [-0.3, -0.25) is 9.59 Å². The van der Waals surface area contributed by atoms with Crippen molar-refractivity contribution in [2.75, 3.05) is 0 Å². The second-order valence-electron chi connectivity index (χ2n) is 7.77. The Hall–Kier alpha value is -1.06. The van der Waals surface area contributed by atoms with Gasteiger partial charge in [-0.2, -0.15) is 0 Å². The number of rotatable bonds is 7. The quantitative estimate of drug-likeness (QED) is 0.656. The molecule has 0 unspecified atom stereocenters. The molecule has 2 aliphatic rings. The zero-order valence-corrected chi connectivity index (χ0v) is 14.5. The summed E-state index contributed by atoms with van der Waals surface area (Å²) < 4.78 is 0. The van der Waals surface area contributed by atoms with Gasteiger partial charge in [-0.1, -0.05) is 51.9 Å². The molecule has 2 N–H and O–H groups in total. The topological polar surface area (TPSA) is 74.6 Å². The molecule has 0 aromatic heterocycles. The monoisotopic (exact) mass is 324 g/mol. The SMILES string of the molecule is CCCCC[C@H]1CC[C@](C(=O)O)(C2(C(=O)O)CCCCC2)CC1. The van der Waals surface area contributed by atoms with Crippen LogP contribution >= 0.6 is 0 Å². The normalized spacial score (nSPS) is 30.7. The van der Waals surface area contributed by atoms with Crippen LogP contribution in [0.15, 0.2) is 0 Å². The van der Waals surface area contributed by atoms with Gasteiger partial charge in [0.05, 0.1) is 10.8 Å². The molecule has 2 fully saturated rings. The second-order valence-corrected chi connectivity index (χ2v) is 7.77. The van der Waals surface area contributed by atoms with Crippen molar-refractivity contribution < 1.29 is 19.8 Å². The minimum atomic E-state index is -1.04. The molecule has 0 atom stereocenters. The third kappa shape index (κ3) is 3.41. The van der Waals surface area contributed by atoms with Crippen LogP contribution in [-0.2, 0) is 9.59 Å².